The van der Waals surface area contributed by atoms with Gasteiger partial charge in [-0.25, -0.2) is 4.39 Å². The first-order chi connectivity index (χ1) is 9.47. The largest absolute Gasteiger partial charge is 0.485 e. The van der Waals surface area contributed by atoms with Gasteiger partial charge in [-0.3, -0.25) is 4.79 Å². The van der Waals surface area contributed by atoms with Gasteiger partial charge in [0.25, 0.3) is 0 Å². The quantitative estimate of drug-likeness (QED) is 0.786. The summed E-state index contributed by atoms with van der Waals surface area (Å²) < 4.78 is 18.5. The number of carbonyl (C=O) groups excluding carboxylic acids is 1. The van der Waals surface area contributed by atoms with Crippen LogP contribution in [0.25, 0.3) is 0 Å². The molecule has 2 nitrogen and oxygen atoms in total. The van der Waals surface area contributed by atoms with Gasteiger partial charge in [-0.15, -0.1) is 0 Å². The van der Waals surface area contributed by atoms with E-state index in [2.05, 4.69) is 0 Å². The number of benzene rings is 2. The molecule has 3 heteroatoms. The average molecular weight is 272 g/mol. The molecule has 0 atom stereocenters. The lowest BCUT2D eigenvalue weighted by Gasteiger charge is -2.10. The molecule has 0 spiro atoms. The van der Waals surface area contributed by atoms with Crippen LogP contribution in [0, 0.1) is 26.6 Å². The average Bonchev–Trinajstić information content (AvgIpc) is 2.37. The maximum atomic E-state index is 13.0. The molecule has 2 rings (SSSR count). The van der Waals surface area contributed by atoms with E-state index in [-0.39, 0.29) is 18.2 Å². The lowest BCUT2D eigenvalue weighted by atomic mass is 10.0. The molecule has 2 aromatic rings. The fourth-order valence-electron chi connectivity index (χ4n) is 2.12. The molecule has 0 aliphatic heterocycles. The van der Waals surface area contributed by atoms with E-state index in [1.165, 1.54) is 12.1 Å². The number of ether oxygens (including phenoxy) is 1. The van der Waals surface area contributed by atoms with Crippen molar-refractivity contribution in [3.05, 3.63) is 64.5 Å². The molecule has 104 valence electrons. The van der Waals surface area contributed by atoms with Crippen LogP contribution in [0.3, 0.4) is 0 Å². The molecule has 0 aliphatic rings. The predicted molar refractivity (Wildman–Crippen MR) is 76.9 cm³/mol. The number of rotatable bonds is 4. The van der Waals surface area contributed by atoms with Crippen molar-refractivity contribution in [3.8, 4) is 5.75 Å². The highest BCUT2D eigenvalue weighted by molar-refractivity contribution is 5.98. The molecule has 20 heavy (non-hydrogen) atoms. The molecule has 0 aliphatic carbocycles. The Bertz CT molecular complexity index is 647. The fourth-order valence-corrected chi connectivity index (χ4v) is 2.12. The minimum absolute atomic E-state index is 0.0453. The second kappa shape index (κ2) is 5.87. The summed E-state index contributed by atoms with van der Waals surface area (Å²) in [5.74, 6) is 0.145. The Hall–Kier alpha value is -2.16. The van der Waals surface area contributed by atoms with Gasteiger partial charge in [-0.05, 0) is 50.1 Å². The van der Waals surface area contributed by atoms with Crippen molar-refractivity contribution in [2.45, 2.75) is 20.8 Å². The molecular weight excluding hydrogens is 255 g/mol. The van der Waals surface area contributed by atoms with Gasteiger partial charge in [0.15, 0.2) is 12.4 Å². The standard InChI is InChI=1S/C17H17FO2/c1-11-4-6-15(12(2)8-11)16(19)10-20-17-7-5-14(18)9-13(17)3/h4-9H,10H2,1-3H3. The third-order valence-electron chi connectivity index (χ3n) is 3.18. The van der Waals surface area contributed by atoms with Crippen LogP contribution >= 0.6 is 0 Å². The number of hydrogen-bond donors (Lipinski definition) is 0. The Balaban J connectivity index is 2.08. The topological polar surface area (TPSA) is 26.3 Å². The first kappa shape index (κ1) is 14.3. The van der Waals surface area contributed by atoms with E-state index < -0.39 is 0 Å². The fraction of sp³-hybridized carbons (Fsp3) is 0.235. The summed E-state index contributed by atoms with van der Waals surface area (Å²) >= 11 is 0. The summed E-state index contributed by atoms with van der Waals surface area (Å²) in [7, 11) is 0. The number of ketones is 1. The lowest BCUT2D eigenvalue weighted by molar-refractivity contribution is 0.0920. The monoisotopic (exact) mass is 272 g/mol. The maximum Gasteiger partial charge on any atom is 0.200 e. The van der Waals surface area contributed by atoms with Crippen LogP contribution in [-0.2, 0) is 0 Å². The zero-order chi connectivity index (χ0) is 14.7. The number of hydrogen-bond acceptors (Lipinski definition) is 2. The summed E-state index contributed by atoms with van der Waals surface area (Å²) in [6.07, 6.45) is 0. The van der Waals surface area contributed by atoms with Crippen LogP contribution in [0.15, 0.2) is 36.4 Å². The molecule has 2 aromatic carbocycles. The van der Waals surface area contributed by atoms with Crippen LogP contribution in [0.2, 0.25) is 0 Å². The molecule has 0 unspecified atom stereocenters. The maximum absolute atomic E-state index is 13.0. The molecule has 0 aromatic heterocycles. The van der Waals surface area contributed by atoms with Gasteiger partial charge in [0.2, 0.25) is 0 Å². The Morgan fingerprint density at radius 1 is 1.05 bits per heavy atom. The van der Waals surface area contributed by atoms with E-state index in [4.69, 9.17) is 4.74 Å². The van der Waals surface area contributed by atoms with Crippen LogP contribution in [0.5, 0.6) is 5.75 Å². The molecule has 0 radical (unpaired) electrons. The van der Waals surface area contributed by atoms with Crippen molar-refractivity contribution in [1.82, 2.24) is 0 Å². The van der Waals surface area contributed by atoms with Crippen LogP contribution in [-0.4, -0.2) is 12.4 Å². The molecule has 0 heterocycles. The smallest absolute Gasteiger partial charge is 0.200 e. The van der Waals surface area contributed by atoms with Crippen molar-refractivity contribution in [3.63, 3.8) is 0 Å². The summed E-state index contributed by atoms with van der Waals surface area (Å²) in [4.78, 5) is 12.1. The van der Waals surface area contributed by atoms with Gasteiger partial charge in [0.1, 0.15) is 11.6 Å². The second-order valence-electron chi connectivity index (χ2n) is 4.94. The molecule has 0 saturated carbocycles. The van der Waals surface area contributed by atoms with Crippen LogP contribution in [0.1, 0.15) is 27.0 Å². The first-order valence-electron chi connectivity index (χ1n) is 6.47. The van der Waals surface area contributed by atoms with Crippen molar-refractivity contribution in [1.29, 1.82) is 0 Å². The van der Waals surface area contributed by atoms with Gasteiger partial charge in [-0.2, -0.15) is 0 Å². The third-order valence-corrected chi connectivity index (χ3v) is 3.18. The number of aryl methyl sites for hydroxylation is 3. The van der Waals surface area contributed by atoms with E-state index >= 15 is 0 Å². The lowest BCUT2D eigenvalue weighted by Crippen LogP contribution is -2.13. The van der Waals surface area contributed by atoms with E-state index in [1.807, 2.05) is 32.0 Å². The molecule has 0 bridgehead atoms. The van der Waals surface area contributed by atoms with Gasteiger partial charge >= 0.3 is 0 Å². The Morgan fingerprint density at radius 2 is 1.80 bits per heavy atom. The van der Waals surface area contributed by atoms with Crippen molar-refractivity contribution < 1.29 is 13.9 Å². The van der Waals surface area contributed by atoms with Crippen LogP contribution in [0.4, 0.5) is 4.39 Å². The van der Waals surface area contributed by atoms with E-state index in [1.54, 1.807) is 13.0 Å². The van der Waals surface area contributed by atoms with Crippen molar-refractivity contribution >= 4 is 5.78 Å². The van der Waals surface area contributed by atoms with Crippen molar-refractivity contribution in [2.24, 2.45) is 0 Å². The molecule has 0 N–H and O–H groups in total. The summed E-state index contributed by atoms with van der Waals surface area (Å²) in [5, 5.41) is 0. The van der Waals surface area contributed by atoms with Crippen molar-refractivity contribution in [2.75, 3.05) is 6.61 Å². The molecule has 0 saturated heterocycles. The first-order valence-corrected chi connectivity index (χ1v) is 6.47. The minimum Gasteiger partial charge on any atom is -0.485 e. The van der Waals surface area contributed by atoms with Gasteiger partial charge < -0.3 is 4.74 Å². The number of Topliss-reactive ketones (excluding diaryl/α,β-unsaturated/α-hetero) is 1. The van der Waals surface area contributed by atoms with E-state index in [0.29, 0.717) is 16.9 Å². The highest BCUT2D eigenvalue weighted by Gasteiger charge is 2.11. The van der Waals surface area contributed by atoms with Gasteiger partial charge in [0, 0.05) is 5.56 Å². The summed E-state index contributed by atoms with van der Waals surface area (Å²) in [6, 6.07) is 9.94. The highest BCUT2D eigenvalue weighted by Crippen LogP contribution is 2.19. The molecule has 0 fully saturated rings. The predicted octanol–water partition coefficient (Wildman–Crippen LogP) is 4.01. The summed E-state index contributed by atoms with van der Waals surface area (Å²) in [5.41, 5.74) is 3.40. The third kappa shape index (κ3) is 3.23. The van der Waals surface area contributed by atoms with Gasteiger partial charge in [-0.1, -0.05) is 23.8 Å². The molecule has 0 amide bonds. The summed E-state index contributed by atoms with van der Waals surface area (Å²) in [6.45, 7) is 5.60. The Morgan fingerprint density at radius 3 is 2.45 bits per heavy atom. The zero-order valence-corrected chi connectivity index (χ0v) is 11.9. The van der Waals surface area contributed by atoms with E-state index in [0.717, 1.165) is 11.1 Å². The Labute approximate surface area is 118 Å². The number of carbonyl (C=O) groups is 1. The van der Waals surface area contributed by atoms with Crippen LogP contribution < -0.4 is 4.74 Å². The number of halogens is 1. The van der Waals surface area contributed by atoms with Gasteiger partial charge in [0.05, 0.1) is 0 Å². The SMILES string of the molecule is Cc1ccc(C(=O)COc2ccc(F)cc2C)c(C)c1. The highest BCUT2D eigenvalue weighted by atomic mass is 19.1. The zero-order valence-electron chi connectivity index (χ0n) is 11.9. The normalized spacial score (nSPS) is 10.4. The minimum atomic E-state index is -0.310. The second-order valence-corrected chi connectivity index (χ2v) is 4.94. The van der Waals surface area contributed by atoms with E-state index in [9.17, 15) is 9.18 Å². The molecular formula is C17H17FO2. The Kier molecular flexibility index (Phi) is 4.18.